The molecule has 2 heterocycles. The number of hydrogen-bond donors (Lipinski definition) is 1. The first-order valence-corrected chi connectivity index (χ1v) is 5.47. The summed E-state index contributed by atoms with van der Waals surface area (Å²) in [6.45, 7) is 5.54. The maximum absolute atomic E-state index is 4.37. The van der Waals surface area contributed by atoms with Gasteiger partial charge in [0.1, 0.15) is 5.82 Å². The molecule has 1 saturated heterocycles. The molecule has 1 fully saturated rings. The Bertz CT molecular complexity index is 321. The fraction of sp³-hybridized carbons (Fsp3) is 0.583. The summed E-state index contributed by atoms with van der Waals surface area (Å²) in [5, 5.41) is 3.53. The van der Waals surface area contributed by atoms with E-state index in [-0.39, 0.29) is 5.54 Å². The smallest absolute Gasteiger partial charge is 0.128 e. The molecule has 1 aromatic rings. The van der Waals surface area contributed by atoms with Crippen LogP contribution in [0.15, 0.2) is 24.4 Å². The van der Waals surface area contributed by atoms with Crippen LogP contribution in [-0.2, 0) is 0 Å². The highest BCUT2D eigenvalue weighted by atomic mass is 15.2. The lowest BCUT2D eigenvalue weighted by molar-refractivity contribution is 0.454. The minimum absolute atomic E-state index is 0.258. The number of anilines is 1. The summed E-state index contributed by atoms with van der Waals surface area (Å²) in [6.07, 6.45) is 3.01. The van der Waals surface area contributed by atoms with Crippen LogP contribution in [0.3, 0.4) is 0 Å². The highest BCUT2D eigenvalue weighted by molar-refractivity contribution is 5.38. The number of hydrogen-bond acceptors (Lipinski definition) is 3. The molecule has 0 spiro atoms. The molecular formula is C12H19N3. The van der Waals surface area contributed by atoms with E-state index in [4.69, 9.17) is 0 Å². The molecule has 0 amide bonds. The van der Waals surface area contributed by atoms with Crippen LogP contribution < -0.4 is 10.2 Å². The van der Waals surface area contributed by atoms with Gasteiger partial charge in [-0.15, -0.1) is 0 Å². The summed E-state index contributed by atoms with van der Waals surface area (Å²) in [6, 6.07) is 6.60. The minimum Gasteiger partial charge on any atom is -0.355 e. The van der Waals surface area contributed by atoms with E-state index in [0.717, 1.165) is 12.4 Å². The van der Waals surface area contributed by atoms with E-state index in [1.165, 1.54) is 6.42 Å². The summed E-state index contributed by atoms with van der Waals surface area (Å²) in [4.78, 5) is 6.63. The number of nitrogens with zero attached hydrogens (tertiary/aromatic N) is 2. The van der Waals surface area contributed by atoms with Crippen molar-refractivity contribution in [1.29, 1.82) is 0 Å². The van der Waals surface area contributed by atoms with Crippen molar-refractivity contribution in [2.75, 3.05) is 18.5 Å². The molecule has 0 aromatic carbocycles. The first kappa shape index (κ1) is 10.4. The fourth-order valence-electron chi connectivity index (χ4n) is 2.15. The normalized spacial score (nSPS) is 24.1. The van der Waals surface area contributed by atoms with Gasteiger partial charge in [-0.25, -0.2) is 4.98 Å². The van der Waals surface area contributed by atoms with Gasteiger partial charge in [-0.1, -0.05) is 6.07 Å². The number of pyridine rings is 1. The number of rotatable bonds is 2. The largest absolute Gasteiger partial charge is 0.355 e. The second-order valence-electron chi connectivity index (χ2n) is 4.92. The Morgan fingerprint density at radius 3 is 2.80 bits per heavy atom. The van der Waals surface area contributed by atoms with Crippen LogP contribution in [0.1, 0.15) is 20.3 Å². The first-order chi connectivity index (χ1) is 7.08. The molecule has 0 radical (unpaired) electrons. The SMILES string of the molecule is CN(c1ccccn1)C1CNC(C)(C)C1. The van der Waals surface area contributed by atoms with E-state index in [1.54, 1.807) is 0 Å². The third kappa shape index (κ3) is 2.29. The standard InChI is InChI=1S/C12H19N3/c1-12(2)8-10(9-14-12)15(3)11-6-4-5-7-13-11/h4-7,10,14H,8-9H2,1-3H3. The molecule has 0 saturated carbocycles. The molecule has 3 heteroatoms. The Kier molecular flexibility index (Phi) is 2.65. The molecule has 1 aromatic heterocycles. The van der Waals surface area contributed by atoms with Crippen LogP contribution in [0.4, 0.5) is 5.82 Å². The third-order valence-electron chi connectivity index (χ3n) is 3.12. The maximum Gasteiger partial charge on any atom is 0.128 e. The van der Waals surface area contributed by atoms with Crippen molar-refractivity contribution in [1.82, 2.24) is 10.3 Å². The van der Waals surface area contributed by atoms with Crippen molar-refractivity contribution in [3.05, 3.63) is 24.4 Å². The summed E-state index contributed by atoms with van der Waals surface area (Å²) < 4.78 is 0. The number of likely N-dealkylation sites (N-methyl/N-ethyl adjacent to an activating group) is 1. The summed E-state index contributed by atoms with van der Waals surface area (Å²) in [7, 11) is 2.12. The van der Waals surface area contributed by atoms with Gasteiger partial charge in [0.05, 0.1) is 0 Å². The minimum atomic E-state index is 0.258. The van der Waals surface area contributed by atoms with Gasteiger partial charge in [-0.2, -0.15) is 0 Å². The first-order valence-electron chi connectivity index (χ1n) is 5.47. The maximum atomic E-state index is 4.37. The van der Waals surface area contributed by atoms with Gasteiger partial charge in [-0.05, 0) is 32.4 Å². The molecule has 2 rings (SSSR count). The molecular weight excluding hydrogens is 186 g/mol. The van der Waals surface area contributed by atoms with Crippen molar-refractivity contribution in [2.45, 2.75) is 31.8 Å². The number of aromatic nitrogens is 1. The molecule has 15 heavy (non-hydrogen) atoms. The Hall–Kier alpha value is -1.09. The number of nitrogens with one attached hydrogen (secondary N) is 1. The van der Waals surface area contributed by atoms with Gasteiger partial charge in [0.15, 0.2) is 0 Å². The van der Waals surface area contributed by atoms with Crippen molar-refractivity contribution >= 4 is 5.82 Å². The van der Waals surface area contributed by atoms with E-state index >= 15 is 0 Å². The Morgan fingerprint density at radius 2 is 2.27 bits per heavy atom. The zero-order valence-electron chi connectivity index (χ0n) is 9.70. The van der Waals surface area contributed by atoms with Crippen LogP contribution in [0.5, 0.6) is 0 Å². The fourth-order valence-corrected chi connectivity index (χ4v) is 2.15. The summed E-state index contributed by atoms with van der Waals surface area (Å²) in [5.74, 6) is 1.06. The van der Waals surface area contributed by atoms with E-state index in [0.29, 0.717) is 6.04 Å². The van der Waals surface area contributed by atoms with E-state index in [1.807, 2.05) is 18.3 Å². The molecule has 0 bridgehead atoms. The van der Waals surface area contributed by atoms with Crippen LogP contribution in [0.2, 0.25) is 0 Å². The molecule has 1 aliphatic heterocycles. The summed E-state index contributed by atoms with van der Waals surface area (Å²) in [5.41, 5.74) is 0.258. The van der Waals surface area contributed by atoms with Gasteiger partial charge >= 0.3 is 0 Å². The monoisotopic (exact) mass is 205 g/mol. The van der Waals surface area contributed by atoms with Crippen molar-refractivity contribution in [2.24, 2.45) is 0 Å². The third-order valence-corrected chi connectivity index (χ3v) is 3.12. The van der Waals surface area contributed by atoms with Gasteiger partial charge in [-0.3, -0.25) is 0 Å². The summed E-state index contributed by atoms with van der Waals surface area (Å²) >= 11 is 0. The van der Waals surface area contributed by atoms with Crippen LogP contribution >= 0.6 is 0 Å². The average molecular weight is 205 g/mol. The van der Waals surface area contributed by atoms with Crippen LogP contribution in [0.25, 0.3) is 0 Å². The Labute approximate surface area is 91.5 Å². The second-order valence-corrected chi connectivity index (χ2v) is 4.92. The molecule has 0 aliphatic carbocycles. The molecule has 3 nitrogen and oxygen atoms in total. The van der Waals surface area contributed by atoms with Gasteiger partial charge in [0.25, 0.3) is 0 Å². The predicted octanol–water partition coefficient (Wildman–Crippen LogP) is 1.66. The zero-order valence-corrected chi connectivity index (χ0v) is 9.70. The lowest BCUT2D eigenvalue weighted by Crippen LogP contribution is -2.33. The molecule has 1 aliphatic rings. The van der Waals surface area contributed by atoms with Crippen molar-refractivity contribution in [3.63, 3.8) is 0 Å². The van der Waals surface area contributed by atoms with Gasteiger partial charge in [0, 0.05) is 31.4 Å². The van der Waals surface area contributed by atoms with Crippen molar-refractivity contribution < 1.29 is 0 Å². The Balaban J connectivity index is 2.07. The highest BCUT2D eigenvalue weighted by Crippen LogP contribution is 2.23. The molecule has 82 valence electrons. The molecule has 1 atom stereocenters. The van der Waals surface area contributed by atoms with E-state index in [9.17, 15) is 0 Å². The highest BCUT2D eigenvalue weighted by Gasteiger charge is 2.32. The van der Waals surface area contributed by atoms with Crippen molar-refractivity contribution in [3.8, 4) is 0 Å². The van der Waals surface area contributed by atoms with Gasteiger partial charge < -0.3 is 10.2 Å². The van der Waals surface area contributed by atoms with Gasteiger partial charge in [0.2, 0.25) is 0 Å². The lowest BCUT2D eigenvalue weighted by atomic mass is 10.0. The quantitative estimate of drug-likeness (QED) is 0.796. The van der Waals surface area contributed by atoms with Crippen LogP contribution in [0, 0.1) is 0 Å². The molecule has 1 unspecified atom stereocenters. The topological polar surface area (TPSA) is 28.2 Å². The zero-order chi connectivity index (χ0) is 10.9. The second kappa shape index (κ2) is 3.81. The average Bonchev–Trinajstić information content (AvgIpc) is 2.59. The molecule has 1 N–H and O–H groups in total. The van der Waals surface area contributed by atoms with Crippen LogP contribution in [-0.4, -0.2) is 30.2 Å². The Morgan fingerprint density at radius 1 is 1.47 bits per heavy atom. The lowest BCUT2D eigenvalue weighted by Gasteiger charge is -2.26. The predicted molar refractivity (Wildman–Crippen MR) is 63.1 cm³/mol. The van der Waals surface area contributed by atoms with E-state index in [2.05, 4.69) is 42.2 Å². The van der Waals surface area contributed by atoms with E-state index < -0.39 is 0 Å².